The molecule has 1 aromatic heterocycles. The van der Waals surface area contributed by atoms with E-state index >= 15 is 0 Å². The van der Waals surface area contributed by atoms with Crippen LogP contribution in [0.15, 0.2) is 54.3 Å². The van der Waals surface area contributed by atoms with Crippen LogP contribution < -0.4 is 21.0 Å². The fourth-order valence-corrected chi connectivity index (χ4v) is 2.81. The minimum absolute atomic E-state index is 0.00786. The first-order valence-corrected chi connectivity index (χ1v) is 10.00. The Morgan fingerprint density at radius 3 is 2.43 bits per heavy atom. The highest BCUT2D eigenvalue weighted by Gasteiger charge is 2.35. The quantitative estimate of drug-likeness (QED) is 0.307. The van der Waals surface area contributed by atoms with E-state index in [4.69, 9.17) is 0 Å². The molecule has 0 aliphatic heterocycles. The topological polar surface area (TPSA) is 125 Å². The Balaban J connectivity index is 2.43. The van der Waals surface area contributed by atoms with Gasteiger partial charge in [-0.25, -0.2) is 14.6 Å². The molecule has 0 aliphatic carbocycles. The van der Waals surface area contributed by atoms with Crippen LogP contribution in [0.3, 0.4) is 0 Å². The van der Waals surface area contributed by atoms with Crippen molar-refractivity contribution in [2.75, 3.05) is 24.1 Å². The number of benzene rings is 1. The van der Waals surface area contributed by atoms with Crippen molar-refractivity contribution < 1.29 is 32.3 Å². The van der Waals surface area contributed by atoms with E-state index in [0.29, 0.717) is 22.2 Å². The minimum atomic E-state index is -4.88. The molecule has 2 rings (SSSR count). The number of aromatic nitrogens is 1. The van der Waals surface area contributed by atoms with E-state index in [1.807, 2.05) is 0 Å². The summed E-state index contributed by atoms with van der Waals surface area (Å²) in [6.07, 6.45) is -3.90. The third-order valence-electron chi connectivity index (χ3n) is 4.47. The van der Waals surface area contributed by atoms with Crippen molar-refractivity contribution >= 4 is 35.2 Å². The number of hydrogen-bond acceptors (Lipinski definition) is 6. The van der Waals surface area contributed by atoms with Gasteiger partial charge in [-0.05, 0) is 43.2 Å². The molecule has 0 unspecified atom stereocenters. The Morgan fingerprint density at radius 2 is 1.83 bits per heavy atom. The molecule has 10 nitrogen and oxygen atoms in total. The fourth-order valence-electron chi connectivity index (χ4n) is 2.81. The molecule has 0 aliphatic rings. The maximum atomic E-state index is 13.3. The third kappa shape index (κ3) is 7.03. The van der Waals surface area contributed by atoms with Crippen LogP contribution in [0.1, 0.15) is 21.5 Å². The number of pyridine rings is 1. The van der Waals surface area contributed by atoms with Gasteiger partial charge in [0.15, 0.2) is 11.5 Å². The van der Waals surface area contributed by atoms with Crippen molar-refractivity contribution in [2.24, 2.45) is 5.10 Å². The second-order valence-corrected chi connectivity index (χ2v) is 6.92. The van der Waals surface area contributed by atoms with E-state index in [0.717, 1.165) is 7.11 Å². The van der Waals surface area contributed by atoms with Crippen molar-refractivity contribution in [2.45, 2.75) is 20.0 Å². The molecule has 0 spiro atoms. The van der Waals surface area contributed by atoms with Crippen LogP contribution in [0, 0.1) is 13.8 Å². The molecule has 0 atom stereocenters. The maximum absolute atomic E-state index is 13.3. The maximum Gasteiger partial charge on any atom is 0.435 e. The fraction of sp³-hybridized carbons (Fsp3) is 0.227. The lowest BCUT2D eigenvalue weighted by Gasteiger charge is -2.21. The number of nitrogens with one attached hydrogen (secondary N) is 3. The van der Waals surface area contributed by atoms with Crippen LogP contribution in [-0.4, -0.2) is 48.7 Å². The van der Waals surface area contributed by atoms with E-state index in [9.17, 15) is 27.6 Å². The Kier molecular flexibility index (Phi) is 8.91. The van der Waals surface area contributed by atoms with Crippen molar-refractivity contribution in [3.63, 3.8) is 0 Å². The number of ether oxygens (including phenoxy) is 1. The second kappa shape index (κ2) is 11.6. The van der Waals surface area contributed by atoms with E-state index in [1.165, 1.54) is 12.3 Å². The number of amides is 4. The number of hydrogen-bond donors (Lipinski definition) is 3. The number of aryl methyl sites for hydroxylation is 2. The van der Waals surface area contributed by atoms with E-state index in [-0.39, 0.29) is 23.7 Å². The smallest absolute Gasteiger partial charge is 0.435 e. The number of hydrazone groups is 1. The molecule has 0 bridgehead atoms. The molecular formula is C22H23F3N6O4. The minimum Gasteiger partial charge on any atom is -0.453 e. The van der Waals surface area contributed by atoms with Crippen LogP contribution in [0.5, 0.6) is 0 Å². The van der Waals surface area contributed by atoms with Crippen molar-refractivity contribution in [1.29, 1.82) is 0 Å². The van der Waals surface area contributed by atoms with Gasteiger partial charge in [0.1, 0.15) is 0 Å². The summed E-state index contributed by atoms with van der Waals surface area (Å²) in [4.78, 5) is 41.0. The number of methoxy groups -OCH3 is 1. The molecule has 186 valence electrons. The van der Waals surface area contributed by atoms with Crippen molar-refractivity contribution in [3.05, 3.63) is 65.9 Å². The van der Waals surface area contributed by atoms with Gasteiger partial charge >= 0.3 is 18.3 Å². The predicted octanol–water partition coefficient (Wildman–Crippen LogP) is 3.88. The van der Waals surface area contributed by atoms with Crippen molar-refractivity contribution in [3.8, 4) is 0 Å². The highest BCUT2D eigenvalue weighted by Crippen LogP contribution is 2.25. The molecule has 2 aromatic rings. The molecule has 35 heavy (non-hydrogen) atoms. The SMILES string of the molecule is C=C/C(=N\N(C(=O)Nc1cccc(C)c1C(=O)NCNC(=O)OC)c1ncccc1C)C(F)(F)F. The highest BCUT2D eigenvalue weighted by atomic mass is 19.4. The van der Waals surface area contributed by atoms with Gasteiger partial charge in [-0.15, -0.1) is 0 Å². The highest BCUT2D eigenvalue weighted by molar-refractivity contribution is 6.09. The standard InChI is InChI=1S/C22H23F3N6O4/c1-5-16(22(23,24)25)30-31(18-14(3)9-7-11-26-18)20(33)29-15-10-6-8-13(2)17(15)19(32)27-12-28-21(34)35-4/h5-11H,1,12H2,2-4H3,(H,27,32)(H,28,34)(H,29,33)/b30-16+. The number of alkyl carbamates (subject to hydrolysis) is 1. The molecule has 1 heterocycles. The first-order chi connectivity index (χ1) is 16.5. The second-order valence-electron chi connectivity index (χ2n) is 6.92. The number of urea groups is 1. The Hall–Kier alpha value is -4.42. The van der Waals surface area contributed by atoms with Gasteiger partial charge in [-0.1, -0.05) is 24.8 Å². The van der Waals surface area contributed by atoms with E-state index < -0.39 is 29.9 Å². The van der Waals surface area contributed by atoms with Gasteiger partial charge in [0, 0.05) is 6.20 Å². The summed E-state index contributed by atoms with van der Waals surface area (Å²) in [5.74, 6) is -0.824. The Bertz CT molecular complexity index is 1150. The van der Waals surface area contributed by atoms with Crippen LogP contribution >= 0.6 is 0 Å². The summed E-state index contributed by atoms with van der Waals surface area (Å²) in [6.45, 7) is 5.98. The summed E-state index contributed by atoms with van der Waals surface area (Å²) in [5.41, 5.74) is -0.591. The van der Waals surface area contributed by atoms with E-state index in [2.05, 4.69) is 37.4 Å². The zero-order chi connectivity index (χ0) is 26.2. The summed E-state index contributed by atoms with van der Waals surface area (Å²) < 4.78 is 44.4. The van der Waals surface area contributed by atoms with Gasteiger partial charge in [0.25, 0.3) is 5.91 Å². The van der Waals surface area contributed by atoms with Gasteiger partial charge in [0.05, 0.1) is 25.0 Å². The molecule has 3 N–H and O–H groups in total. The lowest BCUT2D eigenvalue weighted by molar-refractivity contribution is -0.0578. The Labute approximate surface area is 198 Å². The number of alkyl halides is 3. The first kappa shape index (κ1) is 26.8. The molecule has 4 amide bonds. The first-order valence-electron chi connectivity index (χ1n) is 10.00. The van der Waals surface area contributed by atoms with Gasteiger partial charge in [-0.2, -0.15) is 23.3 Å². The normalized spacial score (nSPS) is 11.3. The van der Waals surface area contributed by atoms with Crippen LogP contribution in [0.25, 0.3) is 0 Å². The van der Waals surface area contributed by atoms with Gasteiger partial charge in [0.2, 0.25) is 0 Å². The summed E-state index contributed by atoms with van der Waals surface area (Å²) in [5, 5.41) is 11.0. The van der Waals surface area contributed by atoms with Gasteiger partial charge < -0.3 is 20.7 Å². The molecule has 0 radical (unpaired) electrons. The molecule has 0 saturated carbocycles. The average Bonchev–Trinajstić information content (AvgIpc) is 2.79. The number of rotatable bonds is 7. The predicted molar refractivity (Wildman–Crippen MR) is 123 cm³/mol. The number of allylic oxidation sites excluding steroid dienone is 1. The Morgan fingerprint density at radius 1 is 1.14 bits per heavy atom. The zero-order valence-electron chi connectivity index (χ0n) is 19.1. The van der Waals surface area contributed by atoms with Crippen LogP contribution in [0.2, 0.25) is 0 Å². The molecular weight excluding hydrogens is 469 g/mol. The third-order valence-corrected chi connectivity index (χ3v) is 4.47. The number of halogens is 3. The molecule has 0 fully saturated rings. The molecule has 13 heteroatoms. The van der Waals surface area contributed by atoms with Crippen molar-refractivity contribution in [1.82, 2.24) is 15.6 Å². The summed E-state index contributed by atoms with van der Waals surface area (Å²) >= 11 is 0. The summed E-state index contributed by atoms with van der Waals surface area (Å²) in [6, 6.07) is 6.50. The zero-order valence-corrected chi connectivity index (χ0v) is 19.1. The number of carbonyl (C=O) groups excluding carboxylic acids is 3. The van der Waals surface area contributed by atoms with Gasteiger partial charge in [-0.3, -0.25) is 4.79 Å². The average molecular weight is 492 g/mol. The molecule has 0 saturated heterocycles. The number of carbonyl (C=O) groups is 3. The monoisotopic (exact) mass is 492 g/mol. The lowest BCUT2D eigenvalue weighted by atomic mass is 10.1. The van der Waals surface area contributed by atoms with Crippen LogP contribution in [0.4, 0.5) is 34.3 Å². The number of anilines is 2. The summed E-state index contributed by atoms with van der Waals surface area (Å²) in [7, 11) is 1.15. The number of nitrogens with zero attached hydrogens (tertiary/aromatic N) is 3. The lowest BCUT2D eigenvalue weighted by Crippen LogP contribution is -2.38. The van der Waals surface area contributed by atoms with Crippen LogP contribution in [-0.2, 0) is 4.74 Å². The van der Waals surface area contributed by atoms with E-state index in [1.54, 1.807) is 38.1 Å². The molecule has 1 aromatic carbocycles. The largest absolute Gasteiger partial charge is 0.453 e.